The van der Waals surface area contributed by atoms with E-state index < -0.39 is 10.0 Å². The second-order valence-corrected chi connectivity index (χ2v) is 9.00. The predicted octanol–water partition coefficient (Wildman–Crippen LogP) is 2.33. The summed E-state index contributed by atoms with van der Waals surface area (Å²) in [5.74, 6) is 0. The van der Waals surface area contributed by atoms with Crippen LogP contribution in [-0.2, 0) is 10.0 Å². The Morgan fingerprint density at radius 2 is 1.96 bits per heavy atom. The molecule has 4 rings (SSSR count). The van der Waals surface area contributed by atoms with Crippen molar-refractivity contribution in [1.82, 2.24) is 23.0 Å². The molecule has 0 N–H and O–H groups in total. The van der Waals surface area contributed by atoms with Crippen LogP contribution in [0.2, 0.25) is 0 Å². The van der Waals surface area contributed by atoms with Crippen LogP contribution >= 0.6 is 11.7 Å². The van der Waals surface area contributed by atoms with Crippen molar-refractivity contribution in [2.45, 2.75) is 37.7 Å². The van der Waals surface area contributed by atoms with Crippen molar-refractivity contribution in [3.8, 4) is 6.01 Å². The molecule has 27 heavy (non-hydrogen) atoms. The van der Waals surface area contributed by atoms with E-state index in [2.05, 4.69) is 18.7 Å². The Kier molecular flexibility index (Phi) is 4.79. The first kappa shape index (κ1) is 18.2. The zero-order valence-electron chi connectivity index (χ0n) is 15.0. The number of nitrogens with zero attached hydrogens (tertiary/aromatic N) is 5. The van der Waals surface area contributed by atoms with Crippen LogP contribution in [0, 0.1) is 13.8 Å². The second-order valence-electron chi connectivity index (χ2n) is 6.57. The second kappa shape index (κ2) is 7.10. The van der Waals surface area contributed by atoms with Crippen molar-refractivity contribution in [2.75, 3.05) is 13.1 Å². The lowest BCUT2D eigenvalue weighted by Gasteiger charge is -2.31. The Balaban J connectivity index is 1.58. The van der Waals surface area contributed by atoms with Crippen LogP contribution in [0.5, 0.6) is 6.01 Å². The van der Waals surface area contributed by atoms with E-state index in [1.165, 1.54) is 4.31 Å². The molecule has 0 amide bonds. The van der Waals surface area contributed by atoms with Gasteiger partial charge in [-0.05, 0) is 44.9 Å². The molecule has 1 aliphatic rings. The van der Waals surface area contributed by atoms with Gasteiger partial charge in [0, 0.05) is 17.9 Å². The average Bonchev–Trinajstić information content (AvgIpc) is 3.09. The van der Waals surface area contributed by atoms with Crippen LogP contribution in [0.25, 0.3) is 11.0 Å². The highest BCUT2D eigenvalue weighted by molar-refractivity contribution is 7.89. The summed E-state index contributed by atoms with van der Waals surface area (Å²) in [6.45, 7) is 4.46. The van der Waals surface area contributed by atoms with Gasteiger partial charge < -0.3 is 4.74 Å². The van der Waals surface area contributed by atoms with Crippen molar-refractivity contribution in [1.29, 1.82) is 0 Å². The third-order valence-electron chi connectivity index (χ3n) is 4.44. The number of piperidine rings is 1. The topological polar surface area (TPSA) is 98.2 Å². The number of rotatable bonds is 4. The summed E-state index contributed by atoms with van der Waals surface area (Å²) >= 11 is 1.01. The highest BCUT2D eigenvalue weighted by atomic mass is 32.2. The maximum absolute atomic E-state index is 13.2. The molecule has 10 heteroatoms. The lowest BCUT2D eigenvalue weighted by atomic mass is 10.1. The van der Waals surface area contributed by atoms with Gasteiger partial charge in [-0.1, -0.05) is 6.07 Å². The third kappa shape index (κ3) is 3.64. The Labute approximate surface area is 161 Å². The van der Waals surface area contributed by atoms with Gasteiger partial charge in [0.1, 0.15) is 22.0 Å². The Morgan fingerprint density at radius 3 is 2.74 bits per heavy atom. The van der Waals surface area contributed by atoms with E-state index in [4.69, 9.17) is 4.74 Å². The van der Waals surface area contributed by atoms with Gasteiger partial charge in [-0.15, -0.1) is 0 Å². The Bertz CT molecular complexity index is 1060. The quantitative estimate of drug-likeness (QED) is 0.657. The van der Waals surface area contributed by atoms with Gasteiger partial charge >= 0.3 is 6.01 Å². The molecule has 1 atom stereocenters. The smallest absolute Gasteiger partial charge is 0.317 e. The normalized spacial score (nSPS) is 18.7. The van der Waals surface area contributed by atoms with Gasteiger partial charge in [0.2, 0.25) is 10.0 Å². The maximum atomic E-state index is 13.2. The van der Waals surface area contributed by atoms with E-state index >= 15 is 0 Å². The molecule has 1 aliphatic heterocycles. The fourth-order valence-electron chi connectivity index (χ4n) is 3.24. The number of aryl methyl sites for hydroxylation is 2. The fourth-order valence-corrected chi connectivity index (χ4v) is 5.51. The molecular formula is C17H19N5O3S2. The fraction of sp³-hybridized carbons (Fsp3) is 0.412. The van der Waals surface area contributed by atoms with Gasteiger partial charge in [-0.3, -0.25) is 0 Å². The number of ether oxygens (including phenoxy) is 1. The lowest BCUT2D eigenvalue weighted by Crippen LogP contribution is -2.44. The lowest BCUT2D eigenvalue weighted by molar-refractivity contribution is 0.119. The summed E-state index contributed by atoms with van der Waals surface area (Å²) in [4.78, 5) is 8.77. The molecule has 142 valence electrons. The minimum absolute atomic E-state index is 0.192. The SMILES string of the molecule is Cc1cc(C)nc(OC2CCCN(S(=O)(=O)c3cccc4nsnc34)C2)n1. The Hall–Kier alpha value is -2.17. The predicted molar refractivity (Wildman–Crippen MR) is 101 cm³/mol. The maximum Gasteiger partial charge on any atom is 0.317 e. The molecule has 0 spiro atoms. The highest BCUT2D eigenvalue weighted by Gasteiger charge is 2.33. The molecule has 0 radical (unpaired) electrons. The van der Waals surface area contributed by atoms with E-state index in [0.29, 0.717) is 30.0 Å². The molecule has 1 fully saturated rings. The average molecular weight is 406 g/mol. The van der Waals surface area contributed by atoms with Gasteiger partial charge in [0.15, 0.2) is 0 Å². The molecule has 1 unspecified atom stereocenters. The number of aromatic nitrogens is 4. The summed E-state index contributed by atoms with van der Waals surface area (Å²) < 4.78 is 42.0. The van der Waals surface area contributed by atoms with Gasteiger partial charge in [0.25, 0.3) is 0 Å². The summed E-state index contributed by atoms with van der Waals surface area (Å²) in [6, 6.07) is 7.20. The first-order valence-corrected chi connectivity index (χ1v) is 10.8. The number of hydrogen-bond acceptors (Lipinski definition) is 8. The van der Waals surface area contributed by atoms with Crippen molar-refractivity contribution in [3.63, 3.8) is 0 Å². The van der Waals surface area contributed by atoms with Crippen molar-refractivity contribution in [3.05, 3.63) is 35.7 Å². The number of hydrogen-bond donors (Lipinski definition) is 0. The minimum Gasteiger partial charge on any atom is -0.459 e. The van der Waals surface area contributed by atoms with Gasteiger partial charge in [-0.25, -0.2) is 18.4 Å². The Morgan fingerprint density at radius 1 is 1.19 bits per heavy atom. The summed E-state index contributed by atoms with van der Waals surface area (Å²) in [6.07, 6.45) is 1.17. The van der Waals surface area contributed by atoms with Crippen LogP contribution in [0.15, 0.2) is 29.2 Å². The van der Waals surface area contributed by atoms with E-state index in [1.807, 2.05) is 19.9 Å². The highest BCUT2D eigenvalue weighted by Crippen LogP contribution is 2.27. The molecule has 0 bridgehead atoms. The molecule has 1 aromatic carbocycles. The van der Waals surface area contributed by atoms with E-state index in [1.54, 1.807) is 18.2 Å². The van der Waals surface area contributed by atoms with Crippen LogP contribution in [-0.4, -0.2) is 50.6 Å². The van der Waals surface area contributed by atoms with E-state index in [0.717, 1.165) is 29.5 Å². The zero-order valence-corrected chi connectivity index (χ0v) is 16.6. The molecule has 3 heterocycles. The van der Waals surface area contributed by atoms with Crippen molar-refractivity contribution >= 4 is 32.8 Å². The monoisotopic (exact) mass is 405 g/mol. The van der Waals surface area contributed by atoms with Crippen molar-refractivity contribution in [2.24, 2.45) is 0 Å². The molecule has 2 aromatic heterocycles. The van der Waals surface area contributed by atoms with Gasteiger partial charge in [-0.2, -0.15) is 13.1 Å². The van der Waals surface area contributed by atoms with Crippen LogP contribution in [0.4, 0.5) is 0 Å². The summed E-state index contributed by atoms with van der Waals surface area (Å²) in [5, 5.41) is 0. The van der Waals surface area contributed by atoms with Crippen LogP contribution in [0.3, 0.4) is 0 Å². The zero-order chi connectivity index (χ0) is 19.0. The van der Waals surface area contributed by atoms with Crippen molar-refractivity contribution < 1.29 is 13.2 Å². The van der Waals surface area contributed by atoms with Crippen LogP contribution in [0.1, 0.15) is 24.2 Å². The van der Waals surface area contributed by atoms with E-state index in [9.17, 15) is 8.42 Å². The standard InChI is InChI=1S/C17H19N5O3S2/c1-11-9-12(2)19-17(18-11)25-13-5-4-8-22(10-13)27(23,24)15-7-3-6-14-16(15)21-26-20-14/h3,6-7,9,13H,4-5,8,10H2,1-2H3. The van der Waals surface area contributed by atoms with Crippen LogP contribution < -0.4 is 4.74 Å². The van der Waals surface area contributed by atoms with E-state index in [-0.39, 0.29) is 17.5 Å². The minimum atomic E-state index is -3.68. The molecule has 1 saturated heterocycles. The first-order chi connectivity index (χ1) is 12.9. The van der Waals surface area contributed by atoms with Gasteiger partial charge in [0.05, 0.1) is 18.3 Å². The summed E-state index contributed by atoms with van der Waals surface area (Å²) in [5.41, 5.74) is 2.65. The molecule has 0 aliphatic carbocycles. The summed E-state index contributed by atoms with van der Waals surface area (Å²) in [7, 11) is -3.68. The first-order valence-electron chi connectivity index (χ1n) is 8.64. The number of benzene rings is 1. The number of fused-ring (bicyclic) bond motifs is 1. The number of sulfonamides is 1. The molecule has 8 nitrogen and oxygen atoms in total. The molecular weight excluding hydrogens is 386 g/mol. The largest absolute Gasteiger partial charge is 0.459 e. The molecule has 3 aromatic rings. The molecule has 0 saturated carbocycles. The third-order valence-corrected chi connectivity index (χ3v) is 6.88.